The maximum Gasteiger partial charge on any atom is 0.226 e. The Kier molecular flexibility index (Phi) is 10.6. The van der Waals surface area contributed by atoms with Crippen molar-refractivity contribution in [2.24, 2.45) is 5.41 Å². The van der Waals surface area contributed by atoms with Crippen molar-refractivity contribution in [1.82, 2.24) is 10.3 Å². The summed E-state index contributed by atoms with van der Waals surface area (Å²) in [4.78, 5) is 19.1. The number of aryl methyl sites for hydroxylation is 1. The number of nitrogens with one attached hydrogen (secondary N) is 2. The number of nitrogens with zero attached hydrogens (tertiary/aromatic N) is 2. The number of amides is 1. The van der Waals surface area contributed by atoms with Crippen LogP contribution in [0.25, 0.3) is 0 Å². The highest BCUT2D eigenvalue weighted by Crippen LogP contribution is 2.33. The fourth-order valence-electron chi connectivity index (χ4n) is 3.29. The smallest absolute Gasteiger partial charge is 0.226 e. The third kappa shape index (κ3) is 8.46. The Morgan fingerprint density at radius 2 is 1.94 bits per heavy atom. The van der Waals surface area contributed by atoms with Crippen molar-refractivity contribution in [3.63, 3.8) is 0 Å². The van der Waals surface area contributed by atoms with E-state index in [1.807, 2.05) is 12.4 Å². The lowest BCUT2D eigenvalue weighted by Crippen LogP contribution is -2.27. The van der Waals surface area contributed by atoms with Crippen LogP contribution in [0, 0.1) is 5.41 Å². The van der Waals surface area contributed by atoms with Crippen LogP contribution in [0.2, 0.25) is 0 Å². The molecule has 2 aromatic rings. The molecule has 1 amide bonds. The summed E-state index contributed by atoms with van der Waals surface area (Å²) < 4.78 is 7.03. The van der Waals surface area contributed by atoms with E-state index >= 15 is 0 Å². The summed E-state index contributed by atoms with van der Waals surface area (Å²) in [5.41, 5.74) is 2.35. The molecule has 1 aliphatic rings. The molecule has 3 rings (SSSR count). The molecule has 6 nitrogen and oxygen atoms in total. The maximum atomic E-state index is 12.4. The quantitative estimate of drug-likeness (QED) is 0.214. The van der Waals surface area contributed by atoms with E-state index in [1.54, 1.807) is 11.8 Å². The minimum Gasteiger partial charge on any atom is -0.472 e. The third-order valence-electron chi connectivity index (χ3n) is 5.17. The van der Waals surface area contributed by atoms with E-state index in [-0.39, 0.29) is 17.6 Å². The molecule has 1 aliphatic heterocycles. The summed E-state index contributed by atoms with van der Waals surface area (Å²) in [5, 5.41) is 8.71. The van der Waals surface area contributed by atoms with Crippen LogP contribution >= 0.6 is 55.0 Å². The number of thioether (sulfide) groups is 1. The maximum absolute atomic E-state index is 12.4. The average Bonchev–Trinajstić information content (AvgIpc) is 3.46. The van der Waals surface area contributed by atoms with Gasteiger partial charge < -0.3 is 20.3 Å². The predicted molar refractivity (Wildman–Crippen MR) is 152 cm³/mol. The van der Waals surface area contributed by atoms with Crippen molar-refractivity contribution >= 4 is 71.7 Å². The normalized spacial score (nSPS) is 15.4. The van der Waals surface area contributed by atoms with Crippen molar-refractivity contribution in [3.8, 4) is 0 Å². The Bertz CT molecular complexity index is 955. The summed E-state index contributed by atoms with van der Waals surface area (Å²) in [6, 6.07) is 8.47. The number of benzene rings is 1. The van der Waals surface area contributed by atoms with Crippen LogP contribution in [0.3, 0.4) is 0 Å². The lowest BCUT2D eigenvalue weighted by atomic mass is 9.95. The fraction of sp³-hybridized carbons (Fsp3) is 0.500. The van der Waals surface area contributed by atoms with Gasteiger partial charge in [-0.15, -0.1) is 11.8 Å². The lowest BCUT2D eigenvalue weighted by Gasteiger charge is -2.23. The molecular formula is C24H32Br2N4O2S2. The molecular weight excluding hydrogens is 600 g/mol. The SMILES string of the molecule is CC(C)(C)C1=CNC(CSc2cnc(NC(=O)CCc3ccc(N(CCBr)CCBr)cc3)s2)O1. The first kappa shape index (κ1) is 27.4. The zero-order valence-corrected chi connectivity index (χ0v) is 24.6. The van der Waals surface area contributed by atoms with E-state index in [2.05, 4.69) is 97.4 Å². The third-order valence-corrected chi connectivity index (χ3v) is 8.05. The summed E-state index contributed by atoms with van der Waals surface area (Å²) in [6.45, 7) is 8.32. The van der Waals surface area contributed by atoms with E-state index in [4.69, 9.17) is 4.74 Å². The van der Waals surface area contributed by atoms with Crippen LogP contribution in [0.1, 0.15) is 32.8 Å². The van der Waals surface area contributed by atoms with Crippen molar-refractivity contribution in [1.29, 1.82) is 0 Å². The summed E-state index contributed by atoms with van der Waals surface area (Å²) in [5.74, 6) is 1.72. The molecule has 10 heteroatoms. The average molecular weight is 632 g/mol. The van der Waals surface area contributed by atoms with Gasteiger partial charge in [0.2, 0.25) is 5.91 Å². The number of alkyl halides is 2. The van der Waals surface area contributed by atoms with Crippen molar-refractivity contribution in [2.75, 3.05) is 39.7 Å². The van der Waals surface area contributed by atoms with Crippen molar-refractivity contribution in [2.45, 2.75) is 44.0 Å². The molecule has 0 bridgehead atoms. The Balaban J connectivity index is 1.40. The van der Waals surface area contributed by atoms with E-state index in [0.717, 1.165) is 45.0 Å². The lowest BCUT2D eigenvalue weighted by molar-refractivity contribution is -0.116. The van der Waals surface area contributed by atoms with E-state index in [0.29, 0.717) is 18.0 Å². The van der Waals surface area contributed by atoms with Gasteiger partial charge in [-0.3, -0.25) is 4.79 Å². The molecule has 0 saturated carbocycles. The Morgan fingerprint density at radius 1 is 1.24 bits per heavy atom. The standard InChI is InChI=1S/C24H32Br2N4O2S2/c1-24(2,3)19-14-27-21(32-19)16-33-22-15-28-23(34-22)29-20(31)9-6-17-4-7-18(8-5-17)30(12-10-25)13-11-26/h4-5,7-8,14-15,21,27H,6,9-13,16H2,1-3H3,(H,28,29,31). The van der Waals surface area contributed by atoms with Gasteiger partial charge in [0, 0.05) is 47.5 Å². The minimum absolute atomic E-state index is 0.00256. The fourth-order valence-corrected chi connectivity index (χ4v) is 6.00. The van der Waals surface area contributed by atoms with Gasteiger partial charge in [-0.05, 0) is 24.1 Å². The van der Waals surface area contributed by atoms with Crippen LogP contribution in [0.15, 0.2) is 46.6 Å². The molecule has 1 aromatic carbocycles. The monoisotopic (exact) mass is 630 g/mol. The van der Waals surface area contributed by atoms with E-state index in [1.165, 1.54) is 17.0 Å². The van der Waals surface area contributed by atoms with Crippen LogP contribution < -0.4 is 15.5 Å². The van der Waals surface area contributed by atoms with Gasteiger partial charge in [-0.25, -0.2) is 4.98 Å². The molecule has 1 unspecified atom stereocenters. The van der Waals surface area contributed by atoms with Crippen molar-refractivity contribution in [3.05, 3.63) is 48.0 Å². The molecule has 2 N–H and O–H groups in total. The molecule has 0 fully saturated rings. The molecule has 0 aliphatic carbocycles. The van der Waals surface area contributed by atoms with Gasteiger partial charge in [0.25, 0.3) is 0 Å². The Morgan fingerprint density at radius 3 is 2.56 bits per heavy atom. The number of hydrogen-bond acceptors (Lipinski definition) is 7. The largest absolute Gasteiger partial charge is 0.472 e. The van der Waals surface area contributed by atoms with E-state index < -0.39 is 0 Å². The second-order valence-corrected chi connectivity index (χ2v) is 12.8. The molecule has 1 aromatic heterocycles. The summed E-state index contributed by atoms with van der Waals surface area (Å²) in [7, 11) is 0. The first-order chi connectivity index (χ1) is 16.3. The number of aromatic nitrogens is 1. The number of halogens is 2. The first-order valence-corrected chi connectivity index (χ1v) is 15.3. The number of hydrogen-bond donors (Lipinski definition) is 2. The highest BCUT2D eigenvalue weighted by Gasteiger charge is 2.27. The topological polar surface area (TPSA) is 66.5 Å². The highest BCUT2D eigenvalue weighted by molar-refractivity contribution is 9.09. The number of ether oxygens (including phenoxy) is 1. The summed E-state index contributed by atoms with van der Waals surface area (Å²) >= 11 is 10.2. The number of thiazole rings is 1. The number of carbonyl (C=O) groups is 1. The highest BCUT2D eigenvalue weighted by atomic mass is 79.9. The Labute approximate surface area is 227 Å². The Hall–Kier alpha value is -1.23. The molecule has 186 valence electrons. The predicted octanol–water partition coefficient (Wildman–Crippen LogP) is 6.24. The van der Waals surface area contributed by atoms with E-state index in [9.17, 15) is 4.79 Å². The van der Waals surface area contributed by atoms with Crippen LogP contribution in [-0.4, -0.2) is 46.6 Å². The van der Waals surface area contributed by atoms with Gasteiger partial charge in [0.15, 0.2) is 11.4 Å². The minimum atomic E-state index is -0.0446. The van der Waals surface area contributed by atoms with Gasteiger partial charge in [0.1, 0.15) is 5.76 Å². The number of carbonyl (C=O) groups excluding carboxylic acids is 1. The number of anilines is 2. The second kappa shape index (κ2) is 13.2. The van der Waals surface area contributed by atoms with Crippen LogP contribution in [0.4, 0.5) is 10.8 Å². The summed E-state index contributed by atoms with van der Waals surface area (Å²) in [6.07, 6.45) is 4.85. The van der Waals surface area contributed by atoms with Gasteiger partial charge >= 0.3 is 0 Å². The number of allylic oxidation sites excluding steroid dienone is 1. The van der Waals surface area contributed by atoms with Gasteiger partial charge in [-0.2, -0.15) is 0 Å². The molecule has 0 saturated heterocycles. The zero-order valence-electron chi connectivity index (χ0n) is 19.8. The molecule has 0 spiro atoms. The zero-order chi connectivity index (χ0) is 24.6. The molecule has 34 heavy (non-hydrogen) atoms. The first-order valence-electron chi connectivity index (χ1n) is 11.3. The van der Waals surface area contributed by atoms with Crippen LogP contribution in [0.5, 0.6) is 0 Å². The molecule has 0 radical (unpaired) electrons. The molecule has 2 heterocycles. The molecule has 1 atom stereocenters. The van der Waals surface area contributed by atoms with Gasteiger partial charge in [-0.1, -0.05) is 76.1 Å². The van der Waals surface area contributed by atoms with Gasteiger partial charge in [0.05, 0.1) is 16.2 Å². The second-order valence-electron chi connectivity index (χ2n) is 8.91. The van der Waals surface area contributed by atoms with Crippen LogP contribution in [-0.2, 0) is 16.0 Å². The van der Waals surface area contributed by atoms with Crippen molar-refractivity contribution < 1.29 is 9.53 Å². The number of rotatable bonds is 12.